The van der Waals surface area contributed by atoms with Gasteiger partial charge in [0.15, 0.2) is 0 Å². The van der Waals surface area contributed by atoms with Crippen molar-refractivity contribution in [3.8, 4) is 11.8 Å². The maximum atomic E-state index is 13.0. The molecule has 0 unspecified atom stereocenters. The van der Waals surface area contributed by atoms with E-state index in [1.165, 1.54) is 0 Å². The van der Waals surface area contributed by atoms with Gasteiger partial charge in [0.2, 0.25) is 0 Å². The first-order valence-electron chi connectivity index (χ1n) is 8.03. The summed E-state index contributed by atoms with van der Waals surface area (Å²) >= 11 is 0. The quantitative estimate of drug-likeness (QED) is 0.650. The Morgan fingerprint density at radius 3 is 2.39 bits per heavy atom. The molecule has 0 N–H and O–H groups in total. The van der Waals surface area contributed by atoms with Crippen molar-refractivity contribution in [3.05, 3.63) is 28.8 Å². The first-order valence-corrected chi connectivity index (χ1v) is 8.03. The summed E-state index contributed by atoms with van der Waals surface area (Å²) in [5.41, 5.74) is 1.98. The Labute approximate surface area is 136 Å². The van der Waals surface area contributed by atoms with E-state index in [4.69, 9.17) is 0 Å². The number of alkyl halides is 3. The highest BCUT2D eigenvalue weighted by Gasteiger charge is 2.46. The van der Waals surface area contributed by atoms with Gasteiger partial charge in [0.05, 0.1) is 0 Å². The third-order valence-corrected chi connectivity index (χ3v) is 4.35. The molecule has 0 saturated heterocycles. The highest BCUT2D eigenvalue weighted by Crippen LogP contribution is 2.37. The highest BCUT2D eigenvalue weighted by atomic mass is 19.4. The maximum absolute atomic E-state index is 13.0. The molecule has 1 aliphatic rings. The van der Waals surface area contributed by atoms with Crippen molar-refractivity contribution in [2.24, 2.45) is 5.41 Å². The molecule has 23 heavy (non-hydrogen) atoms. The fraction of sp³-hybridized carbons (Fsp3) is 0.579. The maximum Gasteiger partial charge on any atom is 0.404 e. The number of halogens is 3. The lowest BCUT2D eigenvalue weighted by atomic mass is 9.90. The summed E-state index contributed by atoms with van der Waals surface area (Å²) in [5, 5.41) is 0. The summed E-state index contributed by atoms with van der Waals surface area (Å²) in [4.78, 5) is 2.31. The fourth-order valence-electron chi connectivity index (χ4n) is 2.81. The van der Waals surface area contributed by atoms with Crippen LogP contribution in [0, 0.1) is 24.2 Å². The van der Waals surface area contributed by atoms with Crippen LogP contribution in [0.1, 0.15) is 50.8 Å². The van der Waals surface area contributed by atoms with Crippen molar-refractivity contribution in [1.29, 1.82) is 0 Å². The minimum absolute atomic E-state index is 0.364. The average Bonchev–Trinajstić information content (AvgIpc) is 2.42. The molecule has 0 amide bonds. The molecule has 4 heteroatoms. The normalized spacial score (nSPS) is 15.3. The zero-order chi connectivity index (χ0) is 17.4. The Hall–Kier alpha value is -1.63. The van der Waals surface area contributed by atoms with Gasteiger partial charge in [0.1, 0.15) is 5.41 Å². The number of anilines is 1. The van der Waals surface area contributed by atoms with E-state index < -0.39 is 11.6 Å². The predicted molar refractivity (Wildman–Crippen MR) is 88.7 cm³/mol. The Morgan fingerprint density at radius 1 is 1.17 bits per heavy atom. The van der Waals surface area contributed by atoms with Crippen LogP contribution in [0.25, 0.3) is 0 Å². The molecule has 0 saturated carbocycles. The van der Waals surface area contributed by atoms with Crippen molar-refractivity contribution in [3.63, 3.8) is 0 Å². The zero-order valence-corrected chi connectivity index (χ0v) is 14.4. The van der Waals surface area contributed by atoms with E-state index >= 15 is 0 Å². The molecule has 1 aromatic carbocycles. The molecule has 1 nitrogen and oxygen atoms in total. The van der Waals surface area contributed by atoms with E-state index in [1.54, 1.807) is 0 Å². The molecule has 0 aromatic heterocycles. The summed E-state index contributed by atoms with van der Waals surface area (Å²) in [7, 11) is 0. The SMILES string of the molecule is Cc1cc(C#CC(C)(C)C(F)(F)F)c2c(c1)N(C(C)C)CCC2. The van der Waals surface area contributed by atoms with Crippen molar-refractivity contribution in [1.82, 2.24) is 0 Å². The molecule has 0 bridgehead atoms. The number of aryl methyl sites for hydroxylation is 1. The Bertz CT molecular complexity index is 645. The summed E-state index contributed by atoms with van der Waals surface area (Å²) < 4.78 is 39.0. The van der Waals surface area contributed by atoms with Crippen LogP contribution < -0.4 is 4.90 Å². The second-order valence-electron chi connectivity index (χ2n) is 7.07. The molecule has 1 heterocycles. The Morgan fingerprint density at radius 2 is 1.83 bits per heavy atom. The first-order chi connectivity index (χ1) is 10.5. The van der Waals surface area contributed by atoms with E-state index in [0.29, 0.717) is 6.04 Å². The largest absolute Gasteiger partial charge is 0.404 e. The summed E-state index contributed by atoms with van der Waals surface area (Å²) in [5.74, 6) is 5.27. The molecular formula is C19H24F3N. The number of benzene rings is 1. The number of fused-ring (bicyclic) bond motifs is 1. The fourth-order valence-corrected chi connectivity index (χ4v) is 2.81. The van der Waals surface area contributed by atoms with Crippen LogP contribution in [0.5, 0.6) is 0 Å². The predicted octanol–water partition coefficient (Wildman–Crippen LogP) is 5.10. The lowest BCUT2D eigenvalue weighted by molar-refractivity contribution is -0.190. The monoisotopic (exact) mass is 323 g/mol. The second kappa shape index (κ2) is 6.11. The summed E-state index contributed by atoms with van der Waals surface area (Å²) in [6.45, 7) is 9.47. The van der Waals surface area contributed by atoms with E-state index in [-0.39, 0.29) is 0 Å². The van der Waals surface area contributed by atoms with Gasteiger partial charge in [0.25, 0.3) is 0 Å². The number of hydrogen-bond acceptors (Lipinski definition) is 1. The van der Waals surface area contributed by atoms with Gasteiger partial charge in [-0.15, -0.1) is 0 Å². The molecular weight excluding hydrogens is 299 g/mol. The van der Waals surface area contributed by atoms with Crippen LogP contribution in [-0.2, 0) is 6.42 Å². The van der Waals surface area contributed by atoms with Gasteiger partial charge >= 0.3 is 6.18 Å². The highest BCUT2D eigenvalue weighted by molar-refractivity contribution is 5.64. The first kappa shape index (κ1) is 17.7. The lowest BCUT2D eigenvalue weighted by Gasteiger charge is -2.35. The molecule has 0 spiro atoms. The second-order valence-corrected chi connectivity index (χ2v) is 7.07. The molecule has 1 aromatic rings. The Kier molecular flexibility index (Phi) is 4.71. The number of rotatable bonds is 1. The lowest BCUT2D eigenvalue weighted by Crippen LogP contribution is -2.35. The van der Waals surface area contributed by atoms with Crippen molar-refractivity contribution in [2.45, 2.75) is 59.7 Å². The van der Waals surface area contributed by atoms with Crippen LogP contribution in [0.4, 0.5) is 18.9 Å². The molecule has 0 aliphatic carbocycles. The molecule has 2 rings (SSSR count). The third-order valence-electron chi connectivity index (χ3n) is 4.35. The molecule has 0 atom stereocenters. The van der Waals surface area contributed by atoms with Gasteiger partial charge < -0.3 is 4.90 Å². The molecule has 126 valence electrons. The smallest absolute Gasteiger partial charge is 0.369 e. The van der Waals surface area contributed by atoms with E-state index in [0.717, 1.165) is 55.6 Å². The van der Waals surface area contributed by atoms with Gasteiger partial charge in [-0.25, -0.2) is 0 Å². The zero-order valence-electron chi connectivity index (χ0n) is 14.4. The van der Waals surface area contributed by atoms with Crippen LogP contribution >= 0.6 is 0 Å². The number of hydrogen-bond donors (Lipinski definition) is 0. The summed E-state index contributed by atoms with van der Waals surface area (Å²) in [6.07, 6.45) is -2.45. The van der Waals surface area contributed by atoms with Crippen LogP contribution in [-0.4, -0.2) is 18.8 Å². The summed E-state index contributed by atoms with van der Waals surface area (Å²) in [6, 6.07) is 4.39. The minimum Gasteiger partial charge on any atom is -0.369 e. The minimum atomic E-state index is -4.33. The van der Waals surface area contributed by atoms with Crippen LogP contribution in [0.3, 0.4) is 0 Å². The van der Waals surface area contributed by atoms with Gasteiger partial charge in [-0.2, -0.15) is 13.2 Å². The van der Waals surface area contributed by atoms with E-state index in [9.17, 15) is 13.2 Å². The molecule has 1 aliphatic heterocycles. The topological polar surface area (TPSA) is 3.24 Å². The van der Waals surface area contributed by atoms with Gasteiger partial charge in [-0.3, -0.25) is 0 Å². The van der Waals surface area contributed by atoms with Gasteiger partial charge in [-0.05, 0) is 70.7 Å². The van der Waals surface area contributed by atoms with E-state index in [1.807, 2.05) is 13.0 Å². The standard InChI is InChI=1S/C19H24F3N/c1-13(2)23-10-6-7-16-15(11-14(3)12-17(16)23)8-9-18(4,5)19(20,21)22/h11-13H,6-7,10H2,1-5H3. The number of nitrogens with zero attached hydrogens (tertiary/aromatic N) is 1. The third kappa shape index (κ3) is 3.65. The molecule has 0 fully saturated rings. The molecule has 0 radical (unpaired) electrons. The average molecular weight is 323 g/mol. The van der Waals surface area contributed by atoms with Crippen LogP contribution in [0.2, 0.25) is 0 Å². The van der Waals surface area contributed by atoms with E-state index in [2.05, 4.69) is 36.7 Å². The van der Waals surface area contributed by atoms with Crippen LogP contribution in [0.15, 0.2) is 12.1 Å². The van der Waals surface area contributed by atoms with Crippen molar-refractivity contribution < 1.29 is 13.2 Å². The van der Waals surface area contributed by atoms with Crippen molar-refractivity contribution >= 4 is 5.69 Å². The van der Waals surface area contributed by atoms with Gasteiger partial charge in [0, 0.05) is 23.8 Å². The Balaban J connectivity index is 2.50. The van der Waals surface area contributed by atoms with Crippen molar-refractivity contribution in [2.75, 3.05) is 11.4 Å². The van der Waals surface area contributed by atoms with Gasteiger partial charge in [-0.1, -0.05) is 11.8 Å².